The predicted molar refractivity (Wildman–Crippen MR) is 71.9 cm³/mol. The third-order valence-corrected chi connectivity index (χ3v) is 3.01. The Hall–Kier alpha value is -2.28. The fourth-order valence-electron chi connectivity index (χ4n) is 2.12. The Morgan fingerprint density at radius 2 is 2.06 bits per heavy atom. The maximum atomic E-state index is 9.23. The smallest absolute Gasteiger partial charge is 0.149 e. The second-order valence-electron chi connectivity index (χ2n) is 4.42. The summed E-state index contributed by atoms with van der Waals surface area (Å²) in [7, 11) is 3.81. The average Bonchev–Trinajstić information content (AvgIpc) is 2.62. The van der Waals surface area contributed by atoms with Crippen molar-refractivity contribution >= 4 is 11.5 Å². The van der Waals surface area contributed by atoms with Gasteiger partial charge in [0.2, 0.25) is 0 Å². The third-order valence-electron chi connectivity index (χ3n) is 3.01. The standard InChI is InChI=1S/C14H16N4/c1-10-6-5-7-12(8-10)17(3)14-13(9-15)11(2)16-18(14)4/h5-8H,1-4H3. The van der Waals surface area contributed by atoms with Gasteiger partial charge >= 0.3 is 0 Å². The lowest BCUT2D eigenvalue weighted by molar-refractivity contribution is 0.750. The minimum absolute atomic E-state index is 0.626. The fraction of sp³-hybridized carbons (Fsp3) is 0.286. The van der Waals surface area contributed by atoms with Gasteiger partial charge in [-0.25, -0.2) is 0 Å². The minimum Gasteiger partial charge on any atom is -0.329 e. The van der Waals surface area contributed by atoms with Crippen LogP contribution < -0.4 is 4.90 Å². The van der Waals surface area contributed by atoms with Crippen LogP contribution in [0.3, 0.4) is 0 Å². The van der Waals surface area contributed by atoms with Crippen molar-refractivity contribution in [2.24, 2.45) is 7.05 Å². The van der Waals surface area contributed by atoms with Gasteiger partial charge in [-0.15, -0.1) is 0 Å². The van der Waals surface area contributed by atoms with Gasteiger partial charge in [0, 0.05) is 19.8 Å². The number of rotatable bonds is 2. The summed E-state index contributed by atoms with van der Waals surface area (Å²) in [4.78, 5) is 1.99. The molecule has 0 N–H and O–H groups in total. The van der Waals surface area contributed by atoms with E-state index in [1.165, 1.54) is 5.56 Å². The van der Waals surface area contributed by atoms with Crippen LogP contribution in [0.5, 0.6) is 0 Å². The van der Waals surface area contributed by atoms with Crippen LogP contribution in [-0.2, 0) is 7.05 Å². The van der Waals surface area contributed by atoms with Gasteiger partial charge in [-0.3, -0.25) is 4.68 Å². The van der Waals surface area contributed by atoms with Crippen molar-refractivity contribution in [3.05, 3.63) is 41.1 Å². The summed E-state index contributed by atoms with van der Waals surface area (Å²) in [5.41, 5.74) is 3.63. The first-order valence-electron chi connectivity index (χ1n) is 5.78. The van der Waals surface area contributed by atoms with E-state index in [1.807, 2.05) is 38.1 Å². The quantitative estimate of drug-likeness (QED) is 0.810. The van der Waals surface area contributed by atoms with E-state index in [9.17, 15) is 5.26 Å². The molecule has 4 heteroatoms. The lowest BCUT2D eigenvalue weighted by Crippen LogP contribution is -2.14. The molecule has 0 radical (unpaired) electrons. The number of hydrogen-bond donors (Lipinski definition) is 0. The third kappa shape index (κ3) is 1.95. The zero-order chi connectivity index (χ0) is 13.3. The van der Waals surface area contributed by atoms with Crippen molar-refractivity contribution in [2.75, 3.05) is 11.9 Å². The maximum Gasteiger partial charge on any atom is 0.149 e. The maximum absolute atomic E-state index is 9.23. The molecule has 0 aliphatic carbocycles. The van der Waals surface area contributed by atoms with E-state index >= 15 is 0 Å². The first-order valence-corrected chi connectivity index (χ1v) is 5.78. The van der Waals surface area contributed by atoms with Crippen LogP contribution in [-0.4, -0.2) is 16.8 Å². The first-order chi connectivity index (χ1) is 8.54. The predicted octanol–water partition coefficient (Wildman–Crippen LogP) is 2.68. The number of nitriles is 1. The highest BCUT2D eigenvalue weighted by Gasteiger charge is 2.17. The molecule has 0 aliphatic heterocycles. The average molecular weight is 240 g/mol. The molecule has 1 aromatic heterocycles. The van der Waals surface area contributed by atoms with E-state index in [2.05, 4.69) is 30.2 Å². The molecule has 0 aliphatic rings. The topological polar surface area (TPSA) is 44.9 Å². The number of anilines is 2. The van der Waals surface area contributed by atoms with E-state index < -0.39 is 0 Å². The van der Waals surface area contributed by atoms with Gasteiger partial charge in [-0.1, -0.05) is 12.1 Å². The summed E-state index contributed by atoms with van der Waals surface area (Å²) in [6.07, 6.45) is 0. The molecule has 92 valence electrons. The Balaban J connectivity index is 2.53. The SMILES string of the molecule is Cc1cccc(N(C)c2c(C#N)c(C)nn2C)c1. The van der Waals surface area contributed by atoms with Crippen LogP contribution in [0.25, 0.3) is 0 Å². The molecule has 2 aromatic rings. The first kappa shape index (κ1) is 12.2. The molecule has 0 saturated heterocycles. The summed E-state index contributed by atoms with van der Waals surface area (Å²) >= 11 is 0. The molecular weight excluding hydrogens is 224 g/mol. The van der Waals surface area contributed by atoms with Crippen LogP contribution in [0, 0.1) is 25.2 Å². The van der Waals surface area contributed by atoms with Gasteiger partial charge in [0.15, 0.2) is 0 Å². The van der Waals surface area contributed by atoms with E-state index in [0.29, 0.717) is 5.56 Å². The van der Waals surface area contributed by atoms with Crippen molar-refractivity contribution in [1.82, 2.24) is 9.78 Å². The molecule has 0 fully saturated rings. The van der Waals surface area contributed by atoms with Crippen LogP contribution in [0.2, 0.25) is 0 Å². The molecule has 1 heterocycles. The van der Waals surface area contributed by atoms with Crippen LogP contribution in [0.15, 0.2) is 24.3 Å². The van der Waals surface area contributed by atoms with E-state index in [0.717, 1.165) is 17.2 Å². The number of aromatic nitrogens is 2. The molecule has 18 heavy (non-hydrogen) atoms. The molecule has 0 atom stereocenters. The highest BCUT2D eigenvalue weighted by molar-refractivity contribution is 5.67. The second-order valence-corrected chi connectivity index (χ2v) is 4.42. The molecular formula is C14H16N4. The van der Waals surface area contributed by atoms with Crippen molar-refractivity contribution < 1.29 is 0 Å². The molecule has 0 spiro atoms. The Morgan fingerprint density at radius 3 is 2.67 bits per heavy atom. The van der Waals surface area contributed by atoms with E-state index in [4.69, 9.17) is 0 Å². The monoisotopic (exact) mass is 240 g/mol. The van der Waals surface area contributed by atoms with Crippen molar-refractivity contribution in [1.29, 1.82) is 5.26 Å². The summed E-state index contributed by atoms with van der Waals surface area (Å²) in [5.74, 6) is 0.820. The van der Waals surface area contributed by atoms with E-state index in [-0.39, 0.29) is 0 Å². The van der Waals surface area contributed by atoms with Gasteiger partial charge in [0.05, 0.1) is 5.69 Å². The van der Waals surface area contributed by atoms with Crippen molar-refractivity contribution in [2.45, 2.75) is 13.8 Å². The Bertz CT molecular complexity index is 619. The van der Waals surface area contributed by atoms with Gasteiger partial charge in [-0.05, 0) is 31.5 Å². The number of aryl methyl sites for hydroxylation is 3. The van der Waals surface area contributed by atoms with Crippen LogP contribution in [0.4, 0.5) is 11.5 Å². The lowest BCUT2D eigenvalue weighted by Gasteiger charge is -2.20. The van der Waals surface area contributed by atoms with Crippen molar-refractivity contribution in [3.63, 3.8) is 0 Å². The normalized spacial score (nSPS) is 10.2. The minimum atomic E-state index is 0.626. The number of nitrogens with zero attached hydrogens (tertiary/aromatic N) is 4. The zero-order valence-electron chi connectivity index (χ0n) is 11.1. The molecule has 0 bridgehead atoms. The molecule has 0 amide bonds. The number of benzene rings is 1. The Morgan fingerprint density at radius 1 is 1.33 bits per heavy atom. The molecule has 0 saturated carbocycles. The molecule has 1 aromatic carbocycles. The highest BCUT2D eigenvalue weighted by atomic mass is 15.4. The van der Waals surface area contributed by atoms with Gasteiger partial charge < -0.3 is 4.90 Å². The van der Waals surface area contributed by atoms with E-state index in [1.54, 1.807) is 4.68 Å². The molecule has 4 nitrogen and oxygen atoms in total. The van der Waals surface area contributed by atoms with Gasteiger partial charge in [-0.2, -0.15) is 10.4 Å². The molecule has 0 unspecified atom stereocenters. The summed E-state index contributed by atoms with van der Waals surface area (Å²) in [6.45, 7) is 3.91. The largest absolute Gasteiger partial charge is 0.329 e. The zero-order valence-corrected chi connectivity index (χ0v) is 11.1. The highest BCUT2D eigenvalue weighted by Crippen LogP contribution is 2.28. The Kier molecular flexibility index (Phi) is 3.07. The summed E-state index contributed by atoms with van der Waals surface area (Å²) in [5, 5.41) is 13.5. The number of hydrogen-bond acceptors (Lipinski definition) is 3. The molecule has 2 rings (SSSR count). The second kappa shape index (κ2) is 4.53. The van der Waals surface area contributed by atoms with Crippen LogP contribution in [0.1, 0.15) is 16.8 Å². The summed E-state index contributed by atoms with van der Waals surface area (Å²) < 4.78 is 1.75. The Labute approximate surface area is 107 Å². The van der Waals surface area contributed by atoms with Gasteiger partial charge in [0.25, 0.3) is 0 Å². The lowest BCUT2D eigenvalue weighted by atomic mass is 10.2. The fourth-order valence-corrected chi connectivity index (χ4v) is 2.12. The van der Waals surface area contributed by atoms with Crippen LogP contribution >= 0.6 is 0 Å². The van der Waals surface area contributed by atoms with Gasteiger partial charge in [0.1, 0.15) is 17.5 Å². The van der Waals surface area contributed by atoms with Crippen molar-refractivity contribution in [3.8, 4) is 6.07 Å². The summed E-state index contributed by atoms with van der Waals surface area (Å²) in [6, 6.07) is 10.4.